The average Bonchev–Trinajstić information content (AvgIpc) is 2.75. The Hall–Kier alpha value is -1.51. The first-order chi connectivity index (χ1) is 9.93. The topological polar surface area (TPSA) is 46.3 Å². The highest BCUT2D eigenvalue weighted by Gasteiger charge is 2.34. The highest BCUT2D eigenvalue weighted by molar-refractivity contribution is 5.87. The lowest BCUT2D eigenvalue weighted by Gasteiger charge is -2.35. The van der Waals surface area contributed by atoms with Crippen LogP contribution >= 0.6 is 0 Å². The Bertz CT molecular complexity index is 470. The number of nitrogens with zero attached hydrogens (tertiary/aromatic N) is 1. The Kier molecular flexibility index (Phi) is 4.92. The first-order valence-electron chi connectivity index (χ1n) is 8.06. The van der Waals surface area contributed by atoms with Crippen molar-refractivity contribution in [2.75, 3.05) is 12.8 Å². The van der Waals surface area contributed by atoms with Gasteiger partial charge in [0.2, 0.25) is 5.91 Å². The summed E-state index contributed by atoms with van der Waals surface area (Å²) >= 11 is 0. The molecule has 1 fully saturated rings. The monoisotopic (exact) mass is 288 g/mol. The summed E-state index contributed by atoms with van der Waals surface area (Å²) in [6, 6.07) is 8.07. The van der Waals surface area contributed by atoms with Gasteiger partial charge in [0.25, 0.3) is 0 Å². The Morgan fingerprint density at radius 3 is 2.14 bits per heavy atom. The zero-order valence-corrected chi connectivity index (χ0v) is 13.6. The van der Waals surface area contributed by atoms with E-state index in [1.807, 2.05) is 50.1 Å². The lowest BCUT2D eigenvalue weighted by Crippen LogP contribution is -2.46. The second-order valence-electron chi connectivity index (χ2n) is 6.81. The molecule has 0 saturated heterocycles. The van der Waals surface area contributed by atoms with Crippen LogP contribution in [0.5, 0.6) is 0 Å². The lowest BCUT2D eigenvalue weighted by molar-refractivity contribution is -0.137. The average molecular weight is 288 g/mol. The van der Waals surface area contributed by atoms with E-state index in [0.29, 0.717) is 6.04 Å². The molecule has 21 heavy (non-hydrogen) atoms. The zero-order chi connectivity index (χ0) is 15.5. The zero-order valence-electron chi connectivity index (χ0n) is 13.6. The molecule has 0 spiro atoms. The van der Waals surface area contributed by atoms with Gasteiger partial charge in [-0.25, -0.2) is 0 Å². The molecule has 2 rings (SSSR count). The minimum atomic E-state index is -0.505. The minimum absolute atomic E-state index is 0.208. The fourth-order valence-electron chi connectivity index (χ4n) is 3.28. The molecule has 1 aliphatic rings. The Morgan fingerprint density at radius 1 is 1.10 bits per heavy atom. The summed E-state index contributed by atoms with van der Waals surface area (Å²) in [6.45, 7) is 4.02. The molecule has 0 atom stereocenters. The van der Waals surface area contributed by atoms with Gasteiger partial charge in [-0.3, -0.25) is 4.79 Å². The van der Waals surface area contributed by atoms with Crippen LogP contribution in [0.15, 0.2) is 24.3 Å². The summed E-state index contributed by atoms with van der Waals surface area (Å²) in [5.41, 5.74) is 7.00. The number of hydrogen-bond donors (Lipinski definition) is 1. The summed E-state index contributed by atoms with van der Waals surface area (Å²) in [7, 11) is 1.97. The second kappa shape index (κ2) is 6.50. The number of nitrogens with two attached hydrogens (primary N) is 1. The van der Waals surface area contributed by atoms with Crippen LogP contribution in [0.25, 0.3) is 0 Å². The van der Waals surface area contributed by atoms with Crippen molar-refractivity contribution < 1.29 is 4.79 Å². The van der Waals surface area contributed by atoms with Gasteiger partial charge in [-0.2, -0.15) is 0 Å². The Morgan fingerprint density at radius 2 is 1.62 bits per heavy atom. The van der Waals surface area contributed by atoms with E-state index in [9.17, 15) is 4.79 Å². The van der Waals surface area contributed by atoms with E-state index < -0.39 is 5.41 Å². The van der Waals surface area contributed by atoms with Crippen molar-refractivity contribution in [1.29, 1.82) is 0 Å². The van der Waals surface area contributed by atoms with Crippen molar-refractivity contribution in [3.8, 4) is 0 Å². The Labute approximate surface area is 128 Å². The van der Waals surface area contributed by atoms with Gasteiger partial charge in [0, 0.05) is 18.8 Å². The van der Waals surface area contributed by atoms with Crippen LogP contribution < -0.4 is 5.73 Å². The molecular formula is C18H28N2O. The predicted octanol–water partition coefficient (Wildman–Crippen LogP) is 3.73. The maximum absolute atomic E-state index is 13.0. The largest absolute Gasteiger partial charge is 0.399 e. The molecule has 2 N–H and O–H groups in total. The third kappa shape index (κ3) is 3.58. The first-order valence-corrected chi connectivity index (χ1v) is 8.06. The van der Waals surface area contributed by atoms with Crippen molar-refractivity contribution in [3.63, 3.8) is 0 Å². The van der Waals surface area contributed by atoms with Crippen LogP contribution in [0.1, 0.15) is 57.9 Å². The molecule has 0 bridgehead atoms. The fraction of sp³-hybridized carbons (Fsp3) is 0.611. The number of carbonyl (C=O) groups is 1. The summed E-state index contributed by atoms with van der Waals surface area (Å²) in [5, 5.41) is 0. The maximum Gasteiger partial charge on any atom is 0.232 e. The number of likely N-dealkylation sites (N-methyl/N-ethyl adjacent to an activating group) is 1. The molecule has 116 valence electrons. The van der Waals surface area contributed by atoms with E-state index in [1.165, 1.54) is 25.7 Å². The van der Waals surface area contributed by atoms with E-state index in [2.05, 4.69) is 0 Å². The number of benzene rings is 1. The quantitative estimate of drug-likeness (QED) is 0.680. The van der Waals surface area contributed by atoms with Gasteiger partial charge >= 0.3 is 0 Å². The third-order valence-electron chi connectivity index (χ3n) is 4.86. The number of nitrogen functional groups attached to an aromatic ring is 1. The van der Waals surface area contributed by atoms with Gasteiger partial charge in [0.1, 0.15) is 0 Å². The summed E-state index contributed by atoms with van der Waals surface area (Å²) < 4.78 is 0. The van der Waals surface area contributed by atoms with Crippen LogP contribution in [-0.4, -0.2) is 23.9 Å². The third-order valence-corrected chi connectivity index (χ3v) is 4.86. The van der Waals surface area contributed by atoms with Crippen LogP contribution in [0.4, 0.5) is 5.69 Å². The lowest BCUT2D eigenvalue weighted by atomic mass is 9.82. The van der Waals surface area contributed by atoms with E-state index in [1.54, 1.807) is 0 Å². The molecule has 3 nitrogen and oxygen atoms in total. The second-order valence-corrected chi connectivity index (χ2v) is 6.81. The van der Waals surface area contributed by atoms with Crippen molar-refractivity contribution in [2.24, 2.45) is 0 Å². The van der Waals surface area contributed by atoms with Gasteiger partial charge in [0.15, 0.2) is 0 Å². The summed E-state index contributed by atoms with van der Waals surface area (Å²) in [6.07, 6.45) is 7.37. The molecule has 0 aromatic heterocycles. The van der Waals surface area contributed by atoms with Crippen LogP contribution in [-0.2, 0) is 10.2 Å². The molecule has 1 aromatic rings. The Balaban J connectivity index is 2.14. The molecule has 3 heteroatoms. The fourth-order valence-corrected chi connectivity index (χ4v) is 3.28. The minimum Gasteiger partial charge on any atom is -0.399 e. The van der Waals surface area contributed by atoms with Gasteiger partial charge in [0.05, 0.1) is 5.41 Å². The maximum atomic E-state index is 13.0. The van der Waals surface area contributed by atoms with Crippen molar-refractivity contribution in [3.05, 3.63) is 29.8 Å². The summed E-state index contributed by atoms with van der Waals surface area (Å²) in [5.74, 6) is 0.208. The molecular weight excluding hydrogens is 260 g/mol. The highest BCUT2D eigenvalue weighted by Crippen LogP contribution is 2.29. The smallest absolute Gasteiger partial charge is 0.232 e. The number of rotatable bonds is 3. The molecule has 1 amide bonds. The van der Waals surface area contributed by atoms with Crippen molar-refractivity contribution >= 4 is 11.6 Å². The highest BCUT2D eigenvalue weighted by atomic mass is 16.2. The van der Waals surface area contributed by atoms with Crippen LogP contribution in [0.3, 0.4) is 0 Å². The SMILES string of the molecule is CN(C(=O)C(C)(C)c1ccc(N)cc1)C1CCCCCC1. The molecule has 0 heterocycles. The van der Waals surface area contributed by atoms with E-state index in [-0.39, 0.29) is 5.91 Å². The van der Waals surface area contributed by atoms with Gasteiger partial charge in [-0.05, 0) is 44.4 Å². The molecule has 1 aliphatic carbocycles. The predicted molar refractivity (Wildman–Crippen MR) is 88.1 cm³/mol. The van der Waals surface area contributed by atoms with E-state index in [0.717, 1.165) is 24.1 Å². The van der Waals surface area contributed by atoms with E-state index >= 15 is 0 Å². The first kappa shape index (κ1) is 15.9. The van der Waals surface area contributed by atoms with Crippen molar-refractivity contribution in [1.82, 2.24) is 4.90 Å². The molecule has 0 unspecified atom stereocenters. The molecule has 1 aromatic carbocycles. The van der Waals surface area contributed by atoms with Crippen molar-refractivity contribution in [2.45, 2.75) is 63.8 Å². The molecule has 1 saturated carbocycles. The van der Waals surface area contributed by atoms with Gasteiger partial charge in [-0.1, -0.05) is 37.8 Å². The van der Waals surface area contributed by atoms with Gasteiger partial charge in [-0.15, -0.1) is 0 Å². The normalized spacial score (nSPS) is 17.3. The molecule has 0 radical (unpaired) electrons. The molecule has 0 aliphatic heterocycles. The van der Waals surface area contributed by atoms with E-state index in [4.69, 9.17) is 5.73 Å². The van der Waals surface area contributed by atoms with Gasteiger partial charge < -0.3 is 10.6 Å². The standard InChI is InChI=1S/C18H28N2O/c1-18(2,14-10-12-15(19)13-11-14)17(21)20(3)16-8-6-4-5-7-9-16/h10-13,16H,4-9,19H2,1-3H3. The summed E-state index contributed by atoms with van der Waals surface area (Å²) in [4.78, 5) is 14.9. The number of anilines is 1. The van der Waals surface area contributed by atoms with Crippen LogP contribution in [0.2, 0.25) is 0 Å². The number of hydrogen-bond acceptors (Lipinski definition) is 2. The van der Waals surface area contributed by atoms with Crippen LogP contribution in [0, 0.1) is 0 Å². The number of carbonyl (C=O) groups excluding carboxylic acids is 1. The number of amides is 1.